The lowest BCUT2D eigenvalue weighted by molar-refractivity contribution is -0.0716. The van der Waals surface area contributed by atoms with Crippen LogP contribution in [0.3, 0.4) is 0 Å². The van der Waals surface area contributed by atoms with Gasteiger partial charge in [-0.05, 0) is 20.3 Å². The Bertz CT molecular complexity index is 671. The van der Waals surface area contributed by atoms with E-state index in [2.05, 4.69) is 16.9 Å². The van der Waals surface area contributed by atoms with E-state index in [4.69, 9.17) is 4.74 Å². The van der Waals surface area contributed by atoms with Gasteiger partial charge in [0.15, 0.2) is 0 Å². The third-order valence-corrected chi connectivity index (χ3v) is 7.01. The number of fused-ring (bicyclic) bond motifs is 1. The fourth-order valence-electron chi connectivity index (χ4n) is 3.76. The molecule has 0 aliphatic carbocycles. The van der Waals surface area contributed by atoms with Crippen LogP contribution in [0.4, 0.5) is 0 Å². The number of aryl methyl sites for hydroxylation is 2. The molecule has 2 fully saturated rings. The minimum absolute atomic E-state index is 0.153. The average Bonchev–Trinajstić information content (AvgIpc) is 2.97. The Kier molecular flexibility index (Phi) is 5.29. The van der Waals surface area contributed by atoms with Gasteiger partial charge in [0.05, 0.1) is 18.9 Å². The number of morpholine rings is 1. The summed E-state index contributed by atoms with van der Waals surface area (Å²) in [6.45, 7) is 9.75. The number of sulfonamides is 1. The van der Waals surface area contributed by atoms with Gasteiger partial charge in [-0.3, -0.25) is 9.58 Å². The molecule has 0 saturated carbocycles. The first kappa shape index (κ1) is 17.8. The maximum atomic E-state index is 13.0. The number of nitrogens with zero attached hydrogens (tertiary/aromatic N) is 4. The summed E-state index contributed by atoms with van der Waals surface area (Å²) in [5, 5.41) is 4.28. The molecule has 7 nitrogen and oxygen atoms in total. The van der Waals surface area contributed by atoms with Crippen LogP contribution >= 0.6 is 0 Å². The highest BCUT2D eigenvalue weighted by Gasteiger charge is 2.40. The third kappa shape index (κ3) is 3.24. The van der Waals surface area contributed by atoms with Crippen LogP contribution in [0.15, 0.2) is 11.1 Å². The van der Waals surface area contributed by atoms with Crippen molar-refractivity contribution < 1.29 is 13.2 Å². The first-order valence-corrected chi connectivity index (χ1v) is 10.3. The quantitative estimate of drug-likeness (QED) is 0.790. The SMILES string of the molecule is CCC[C@H]1COC[C@H]2CN(S(=O)(=O)c3cn(CC)nc3C)CCN12. The van der Waals surface area contributed by atoms with Gasteiger partial charge in [-0.2, -0.15) is 9.40 Å². The van der Waals surface area contributed by atoms with Crippen molar-refractivity contribution in [2.75, 3.05) is 32.8 Å². The van der Waals surface area contributed by atoms with Gasteiger partial charge in [0.1, 0.15) is 4.90 Å². The zero-order chi connectivity index (χ0) is 17.3. The zero-order valence-electron chi connectivity index (χ0n) is 14.8. The maximum Gasteiger partial charge on any atom is 0.246 e. The fraction of sp³-hybridized carbons (Fsp3) is 0.812. The predicted molar refractivity (Wildman–Crippen MR) is 91.4 cm³/mol. The van der Waals surface area contributed by atoms with Gasteiger partial charge in [-0.15, -0.1) is 0 Å². The molecule has 3 heterocycles. The molecule has 0 amide bonds. The molecule has 0 aromatic carbocycles. The Balaban J connectivity index is 1.78. The van der Waals surface area contributed by atoms with Gasteiger partial charge in [-0.25, -0.2) is 8.42 Å². The molecule has 0 N–H and O–H groups in total. The number of rotatable bonds is 5. The fourth-order valence-corrected chi connectivity index (χ4v) is 5.40. The molecule has 0 spiro atoms. The van der Waals surface area contributed by atoms with Crippen LogP contribution in [-0.2, 0) is 21.3 Å². The van der Waals surface area contributed by atoms with Crippen LogP contribution in [0.25, 0.3) is 0 Å². The highest BCUT2D eigenvalue weighted by molar-refractivity contribution is 7.89. The van der Waals surface area contributed by atoms with Crippen molar-refractivity contribution in [3.8, 4) is 0 Å². The molecule has 3 rings (SSSR count). The van der Waals surface area contributed by atoms with Crippen LogP contribution in [0.2, 0.25) is 0 Å². The summed E-state index contributed by atoms with van der Waals surface area (Å²) in [6, 6.07) is 0.573. The van der Waals surface area contributed by atoms with Gasteiger partial charge in [0.2, 0.25) is 10.0 Å². The Hall–Kier alpha value is -0.960. The highest BCUT2D eigenvalue weighted by atomic mass is 32.2. The van der Waals surface area contributed by atoms with Crippen molar-refractivity contribution in [3.63, 3.8) is 0 Å². The van der Waals surface area contributed by atoms with Crippen molar-refractivity contribution in [3.05, 3.63) is 11.9 Å². The topological polar surface area (TPSA) is 67.7 Å². The molecule has 136 valence electrons. The summed E-state index contributed by atoms with van der Waals surface area (Å²) in [5.41, 5.74) is 0.572. The minimum atomic E-state index is -3.49. The van der Waals surface area contributed by atoms with Crippen molar-refractivity contribution >= 4 is 10.0 Å². The van der Waals surface area contributed by atoms with Crippen LogP contribution in [-0.4, -0.2) is 72.3 Å². The molecule has 0 unspecified atom stereocenters. The number of piperazine rings is 1. The Morgan fingerprint density at radius 2 is 2.08 bits per heavy atom. The first-order valence-electron chi connectivity index (χ1n) is 8.85. The second-order valence-corrected chi connectivity index (χ2v) is 8.58. The zero-order valence-corrected chi connectivity index (χ0v) is 15.6. The van der Waals surface area contributed by atoms with Gasteiger partial charge < -0.3 is 4.74 Å². The molecule has 0 radical (unpaired) electrons. The van der Waals surface area contributed by atoms with Crippen molar-refractivity contribution in [2.24, 2.45) is 0 Å². The average molecular weight is 356 g/mol. The normalized spacial score (nSPS) is 26.5. The second kappa shape index (κ2) is 7.11. The van der Waals surface area contributed by atoms with Gasteiger partial charge in [-0.1, -0.05) is 13.3 Å². The number of hydrogen-bond donors (Lipinski definition) is 0. The van der Waals surface area contributed by atoms with E-state index in [9.17, 15) is 8.42 Å². The molecular weight excluding hydrogens is 328 g/mol. The lowest BCUT2D eigenvalue weighted by atomic mass is 10.0. The van der Waals surface area contributed by atoms with E-state index < -0.39 is 10.0 Å². The lowest BCUT2D eigenvalue weighted by Gasteiger charge is -2.47. The van der Waals surface area contributed by atoms with E-state index in [0.717, 1.165) is 26.0 Å². The molecule has 0 bridgehead atoms. The van der Waals surface area contributed by atoms with Crippen molar-refractivity contribution in [1.82, 2.24) is 19.0 Å². The summed E-state index contributed by atoms with van der Waals surface area (Å²) in [4.78, 5) is 2.78. The summed E-state index contributed by atoms with van der Waals surface area (Å²) >= 11 is 0. The summed E-state index contributed by atoms with van der Waals surface area (Å²) < 4.78 is 35.1. The molecular formula is C16H28N4O3S. The molecule has 2 aliphatic heterocycles. The molecule has 1 aromatic heterocycles. The largest absolute Gasteiger partial charge is 0.378 e. The van der Waals surface area contributed by atoms with E-state index in [1.165, 1.54) is 0 Å². The van der Waals surface area contributed by atoms with Crippen LogP contribution < -0.4 is 0 Å². The molecule has 1 aromatic rings. The van der Waals surface area contributed by atoms with Gasteiger partial charge >= 0.3 is 0 Å². The highest BCUT2D eigenvalue weighted by Crippen LogP contribution is 2.26. The molecule has 8 heteroatoms. The summed E-state index contributed by atoms with van der Waals surface area (Å²) in [7, 11) is -3.49. The molecule has 2 aliphatic rings. The minimum Gasteiger partial charge on any atom is -0.378 e. The van der Waals surface area contributed by atoms with E-state index in [0.29, 0.717) is 42.9 Å². The molecule has 2 saturated heterocycles. The van der Waals surface area contributed by atoms with Crippen LogP contribution in [0.5, 0.6) is 0 Å². The Morgan fingerprint density at radius 3 is 2.75 bits per heavy atom. The second-order valence-electron chi connectivity index (χ2n) is 6.67. The first-order chi connectivity index (χ1) is 11.5. The summed E-state index contributed by atoms with van der Waals surface area (Å²) in [6.07, 6.45) is 3.87. The predicted octanol–water partition coefficient (Wildman–Crippen LogP) is 1.09. The van der Waals surface area contributed by atoms with E-state index in [1.54, 1.807) is 22.1 Å². The van der Waals surface area contributed by atoms with Gasteiger partial charge in [0.25, 0.3) is 0 Å². The number of aromatic nitrogens is 2. The maximum absolute atomic E-state index is 13.0. The monoisotopic (exact) mass is 356 g/mol. The summed E-state index contributed by atoms with van der Waals surface area (Å²) in [5.74, 6) is 0. The van der Waals surface area contributed by atoms with E-state index in [1.807, 2.05) is 6.92 Å². The smallest absolute Gasteiger partial charge is 0.246 e. The van der Waals surface area contributed by atoms with Crippen molar-refractivity contribution in [2.45, 2.75) is 57.1 Å². The van der Waals surface area contributed by atoms with Crippen molar-refractivity contribution in [1.29, 1.82) is 0 Å². The van der Waals surface area contributed by atoms with E-state index >= 15 is 0 Å². The Morgan fingerprint density at radius 1 is 1.29 bits per heavy atom. The number of hydrogen-bond acceptors (Lipinski definition) is 5. The standard InChI is InChI=1S/C16H28N4O3S/c1-4-6-14-11-23-12-15-9-19(7-8-20(14)15)24(21,22)16-10-18(5-2)17-13(16)3/h10,14-15H,4-9,11-12H2,1-3H3/t14-,15+/m0/s1. The Labute approximate surface area is 144 Å². The van der Waals surface area contributed by atoms with E-state index in [-0.39, 0.29) is 6.04 Å². The lowest BCUT2D eigenvalue weighted by Crippen LogP contribution is -2.62. The third-order valence-electron chi connectivity index (χ3n) is 5.05. The molecule has 24 heavy (non-hydrogen) atoms. The van der Waals surface area contributed by atoms with Crippen LogP contribution in [0.1, 0.15) is 32.4 Å². The number of ether oxygens (including phenoxy) is 1. The van der Waals surface area contributed by atoms with Crippen LogP contribution in [0, 0.1) is 6.92 Å². The van der Waals surface area contributed by atoms with Gasteiger partial charge in [0, 0.05) is 44.5 Å². The molecule has 2 atom stereocenters.